The molecular formula is C13H17ClFN3O3S. The van der Waals surface area contributed by atoms with Crippen LogP contribution in [-0.2, 0) is 15.8 Å². The van der Waals surface area contributed by atoms with Gasteiger partial charge in [0.15, 0.2) is 0 Å². The Morgan fingerprint density at radius 2 is 2.00 bits per heavy atom. The zero-order chi connectivity index (χ0) is 16.3. The molecule has 1 saturated heterocycles. The lowest BCUT2D eigenvalue weighted by Gasteiger charge is -2.21. The number of carbonyl (C=O) groups is 1. The van der Waals surface area contributed by atoms with Crippen LogP contribution in [0.15, 0.2) is 18.2 Å². The molecule has 0 aliphatic carbocycles. The van der Waals surface area contributed by atoms with Crippen LogP contribution >= 0.6 is 11.6 Å². The molecule has 1 heterocycles. The van der Waals surface area contributed by atoms with Crippen LogP contribution in [0.4, 0.5) is 9.18 Å². The van der Waals surface area contributed by atoms with Gasteiger partial charge >= 0.3 is 6.03 Å². The monoisotopic (exact) mass is 349 g/mol. The second kappa shape index (κ2) is 6.80. The van der Waals surface area contributed by atoms with Crippen molar-refractivity contribution in [1.82, 2.24) is 9.21 Å². The fourth-order valence-corrected chi connectivity index (χ4v) is 4.25. The van der Waals surface area contributed by atoms with E-state index in [-0.39, 0.29) is 30.2 Å². The predicted molar refractivity (Wildman–Crippen MR) is 81.4 cm³/mol. The van der Waals surface area contributed by atoms with E-state index in [0.717, 1.165) is 0 Å². The van der Waals surface area contributed by atoms with Crippen LogP contribution in [0.1, 0.15) is 12.0 Å². The van der Waals surface area contributed by atoms with Crippen LogP contribution in [0.25, 0.3) is 0 Å². The number of rotatable bonds is 3. The van der Waals surface area contributed by atoms with E-state index in [0.29, 0.717) is 13.0 Å². The topological polar surface area (TPSA) is 83.7 Å². The van der Waals surface area contributed by atoms with E-state index in [2.05, 4.69) is 0 Å². The SMILES string of the molecule is NC(=O)N1CCCN(S(=O)(=O)Cc2c(F)cccc2Cl)CC1. The van der Waals surface area contributed by atoms with E-state index < -0.39 is 27.6 Å². The number of hydrogen-bond donors (Lipinski definition) is 1. The second-order valence-electron chi connectivity index (χ2n) is 5.03. The molecule has 122 valence electrons. The van der Waals surface area contributed by atoms with Crippen molar-refractivity contribution in [1.29, 1.82) is 0 Å². The van der Waals surface area contributed by atoms with Gasteiger partial charge in [-0.05, 0) is 18.6 Å². The number of nitrogens with zero attached hydrogens (tertiary/aromatic N) is 2. The first-order valence-electron chi connectivity index (χ1n) is 6.76. The first kappa shape index (κ1) is 17.0. The first-order valence-corrected chi connectivity index (χ1v) is 8.75. The third kappa shape index (κ3) is 3.88. The van der Waals surface area contributed by atoms with Crippen LogP contribution in [0, 0.1) is 5.82 Å². The maximum atomic E-state index is 13.8. The van der Waals surface area contributed by atoms with Gasteiger partial charge in [-0.3, -0.25) is 0 Å². The summed E-state index contributed by atoms with van der Waals surface area (Å²) in [6, 6.07) is 3.47. The Morgan fingerprint density at radius 1 is 1.27 bits per heavy atom. The number of sulfonamides is 1. The third-order valence-corrected chi connectivity index (χ3v) is 5.71. The smallest absolute Gasteiger partial charge is 0.314 e. The molecule has 9 heteroatoms. The second-order valence-corrected chi connectivity index (χ2v) is 7.41. The first-order chi connectivity index (χ1) is 10.3. The van der Waals surface area contributed by atoms with Gasteiger partial charge in [-0.2, -0.15) is 4.31 Å². The van der Waals surface area contributed by atoms with Gasteiger partial charge in [0.25, 0.3) is 0 Å². The lowest BCUT2D eigenvalue weighted by atomic mass is 10.2. The molecule has 1 aromatic rings. The summed E-state index contributed by atoms with van der Waals surface area (Å²) in [6.07, 6.45) is 0.479. The van der Waals surface area contributed by atoms with Crippen LogP contribution in [0.5, 0.6) is 0 Å². The number of amides is 2. The van der Waals surface area contributed by atoms with Gasteiger partial charge in [-0.25, -0.2) is 17.6 Å². The van der Waals surface area contributed by atoms with Gasteiger partial charge in [0.1, 0.15) is 5.82 Å². The van der Waals surface area contributed by atoms with E-state index in [9.17, 15) is 17.6 Å². The Balaban J connectivity index is 2.15. The molecule has 0 atom stereocenters. The lowest BCUT2D eigenvalue weighted by Crippen LogP contribution is -2.40. The van der Waals surface area contributed by atoms with Crippen molar-refractivity contribution in [2.24, 2.45) is 5.73 Å². The molecule has 2 N–H and O–H groups in total. The molecular weight excluding hydrogens is 333 g/mol. The molecule has 0 unspecified atom stereocenters. The predicted octanol–water partition coefficient (Wildman–Crippen LogP) is 1.40. The summed E-state index contributed by atoms with van der Waals surface area (Å²) in [5.41, 5.74) is 5.16. The zero-order valence-electron chi connectivity index (χ0n) is 11.8. The molecule has 1 aromatic carbocycles. The molecule has 6 nitrogen and oxygen atoms in total. The number of carbonyl (C=O) groups excluding carboxylic acids is 1. The fraction of sp³-hybridized carbons (Fsp3) is 0.462. The number of hydrogen-bond acceptors (Lipinski definition) is 3. The summed E-state index contributed by atoms with van der Waals surface area (Å²) in [7, 11) is -3.72. The average Bonchev–Trinajstić information content (AvgIpc) is 2.69. The Labute approximate surface area is 133 Å². The summed E-state index contributed by atoms with van der Waals surface area (Å²) < 4.78 is 39.9. The lowest BCUT2D eigenvalue weighted by molar-refractivity contribution is 0.210. The van der Waals surface area contributed by atoms with Crippen molar-refractivity contribution >= 4 is 27.7 Å². The number of primary amides is 1. The number of benzene rings is 1. The van der Waals surface area contributed by atoms with Crippen LogP contribution in [0.3, 0.4) is 0 Å². The highest BCUT2D eigenvalue weighted by Crippen LogP contribution is 2.23. The molecule has 0 aromatic heterocycles. The van der Waals surface area contributed by atoms with Crippen molar-refractivity contribution in [2.45, 2.75) is 12.2 Å². The van der Waals surface area contributed by atoms with Gasteiger partial charge in [0, 0.05) is 36.8 Å². The maximum Gasteiger partial charge on any atom is 0.314 e. The van der Waals surface area contributed by atoms with E-state index >= 15 is 0 Å². The van der Waals surface area contributed by atoms with Gasteiger partial charge in [0.05, 0.1) is 5.75 Å². The minimum Gasteiger partial charge on any atom is -0.351 e. The van der Waals surface area contributed by atoms with E-state index in [4.69, 9.17) is 17.3 Å². The largest absolute Gasteiger partial charge is 0.351 e. The molecule has 0 radical (unpaired) electrons. The summed E-state index contributed by atoms with van der Waals surface area (Å²) >= 11 is 5.88. The van der Waals surface area contributed by atoms with Gasteiger partial charge in [-0.1, -0.05) is 17.7 Å². The van der Waals surface area contributed by atoms with E-state index in [1.165, 1.54) is 27.4 Å². The minimum absolute atomic E-state index is 0.0415. The number of nitrogens with two attached hydrogens (primary N) is 1. The fourth-order valence-electron chi connectivity index (χ4n) is 2.34. The molecule has 0 saturated carbocycles. The number of halogens is 2. The highest BCUT2D eigenvalue weighted by molar-refractivity contribution is 7.88. The average molecular weight is 350 g/mol. The standard InChI is InChI=1S/C13H17ClFN3O3S/c14-11-3-1-4-12(15)10(11)9-22(20,21)18-6-2-5-17(7-8-18)13(16)19/h1,3-4H,2,5-9H2,(H2,16,19). The summed E-state index contributed by atoms with van der Waals surface area (Å²) in [5, 5.41) is 0.0807. The van der Waals surface area contributed by atoms with Crippen LogP contribution in [-0.4, -0.2) is 49.8 Å². The quantitative estimate of drug-likeness (QED) is 0.895. The Kier molecular flexibility index (Phi) is 5.25. The molecule has 2 amide bonds. The molecule has 2 rings (SSSR count). The van der Waals surface area contributed by atoms with Crippen molar-refractivity contribution in [3.63, 3.8) is 0 Å². The van der Waals surface area contributed by atoms with Crippen molar-refractivity contribution in [2.75, 3.05) is 26.2 Å². The van der Waals surface area contributed by atoms with Gasteiger partial charge in [-0.15, -0.1) is 0 Å². The minimum atomic E-state index is -3.72. The van der Waals surface area contributed by atoms with Crippen molar-refractivity contribution in [3.8, 4) is 0 Å². The van der Waals surface area contributed by atoms with Crippen molar-refractivity contribution < 1.29 is 17.6 Å². The maximum absolute atomic E-state index is 13.8. The molecule has 1 fully saturated rings. The van der Waals surface area contributed by atoms with E-state index in [1.54, 1.807) is 0 Å². The summed E-state index contributed by atoms with van der Waals surface area (Å²) in [5.74, 6) is -1.15. The van der Waals surface area contributed by atoms with Crippen LogP contribution in [0.2, 0.25) is 5.02 Å². The highest BCUT2D eigenvalue weighted by atomic mass is 35.5. The van der Waals surface area contributed by atoms with Gasteiger partial charge < -0.3 is 10.6 Å². The Bertz CT molecular complexity index is 648. The summed E-state index contributed by atoms with van der Waals surface area (Å²) in [6.45, 7) is 1.02. The summed E-state index contributed by atoms with van der Waals surface area (Å²) in [4.78, 5) is 12.6. The molecule has 1 aliphatic rings. The van der Waals surface area contributed by atoms with Crippen molar-refractivity contribution in [3.05, 3.63) is 34.6 Å². The Hall–Kier alpha value is -1.38. The normalized spacial score (nSPS) is 17.3. The molecule has 0 spiro atoms. The highest BCUT2D eigenvalue weighted by Gasteiger charge is 2.28. The number of urea groups is 1. The zero-order valence-corrected chi connectivity index (χ0v) is 13.4. The third-order valence-electron chi connectivity index (χ3n) is 3.55. The molecule has 0 bridgehead atoms. The Morgan fingerprint density at radius 3 is 2.64 bits per heavy atom. The van der Waals surface area contributed by atoms with Crippen LogP contribution < -0.4 is 5.73 Å². The van der Waals surface area contributed by atoms with Gasteiger partial charge in [0.2, 0.25) is 10.0 Å². The molecule has 22 heavy (non-hydrogen) atoms. The molecule has 1 aliphatic heterocycles. The van der Waals surface area contributed by atoms with E-state index in [1.807, 2.05) is 0 Å².